The number of ether oxygens (including phenoxy) is 1. The third-order valence-electron chi connectivity index (χ3n) is 3.41. The molecule has 5 nitrogen and oxygen atoms in total. The lowest BCUT2D eigenvalue weighted by atomic mass is 9.93. The Morgan fingerprint density at radius 2 is 1.77 bits per heavy atom. The topological polar surface area (TPSA) is 67.0 Å². The lowest BCUT2D eigenvalue weighted by Gasteiger charge is -2.20. The Labute approximate surface area is 131 Å². The number of rotatable bonds is 5. The minimum Gasteiger partial charge on any atom is -0.426 e. The lowest BCUT2D eigenvalue weighted by molar-refractivity contribution is -0.132. The number of esters is 1. The fourth-order valence-electron chi connectivity index (χ4n) is 2.34. The summed E-state index contributed by atoms with van der Waals surface area (Å²) < 4.78 is 5.50. The highest BCUT2D eigenvalue weighted by Crippen LogP contribution is 2.38. The van der Waals surface area contributed by atoms with Crippen LogP contribution >= 0.6 is 0 Å². The number of hydrogen-bond acceptors (Lipinski definition) is 4. The molecule has 1 aromatic heterocycles. The molecule has 0 aliphatic carbocycles. The second-order valence-electron chi connectivity index (χ2n) is 5.97. The molecule has 0 atom stereocenters. The second-order valence-corrected chi connectivity index (χ2v) is 5.97. The number of benzene rings is 1. The summed E-state index contributed by atoms with van der Waals surface area (Å²) in [5, 5.41) is 10.2. The van der Waals surface area contributed by atoms with Crippen molar-refractivity contribution < 1.29 is 9.53 Å². The second kappa shape index (κ2) is 6.64. The molecule has 2 N–H and O–H groups in total. The quantitative estimate of drug-likeness (QED) is 0.637. The predicted octanol–water partition coefficient (Wildman–Crippen LogP) is 4.33. The number of aromatic nitrogens is 2. The van der Waals surface area contributed by atoms with Gasteiger partial charge >= 0.3 is 5.97 Å². The number of hydrogen-bond donors (Lipinski definition) is 2. The van der Waals surface area contributed by atoms with Crippen molar-refractivity contribution in [1.29, 1.82) is 0 Å². The van der Waals surface area contributed by atoms with Gasteiger partial charge in [0.05, 0.1) is 0 Å². The Kier molecular flexibility index (Phi) is 4.85. The summed E-state index contributed by atoms with van der Waals surface area (Å²) >= 11 is 0. The number of carbonyl (C=O) groups is 1. The summed E-state index contributed by atoms with van der Waals surface area (Å²) in [6.45, 7) is 9.79. The van der Waals surface area contributed by atoms with Gasteiger partial charge in [-0.3, -0.25) is 9.89 Å². The summed E-state index contributed by atoms with van der Waals surface area (Å²) in [7, 11) is 0. The van der Waals surface area contributed by atoms with Crippen molar-refractivity contribution in [3.63, 3.8) is 0 Å². The van der Waals surface area contributed by atoms with Gasteiger partial charge in [-0.25, -0.2) is 0 Å². The summed E-state index contributed by atoms with van der Waals surface area (Å²) in [6.07, 6.45) is 1.77. The van der Waals surface area contributed by atoms with Gasteiger partial charge in [0.1, 0.15) is 5.75 Å². The van der Waals surface area contributed by atoms with E-state index in [0.29, 0.717) is 5.75 Å². The summed E-state index contributed by atoms with van der Waals surface area (Å²) in [4.78, 5) is 11.5. The number of anilines is 2. The first-order valence-electron chi connectivity index (χ1n) is 7.51. The molecule has 1 aromatic carbocycles. The van der Waals surface area contributed by atoms with E-state index in [4.69, 9.17) is 4.74 Å². The van der Waals surface area contributed by atoms with E-state index in [1.165, 1.54) is 6.92 Å². The van der Waals surface area contributed by atoms with E-state index >= 15 is 0 Å². The van der Waals surface area contributed by atoms with E-state index in [1.807, 2.05) is 18.2 Å². The van der Waals surface area contributed by atoms with E-state index in [2.05, 4.69) is 43.2 Å². The Morgan fingerprint density at radius 3 is 2.18 bits per heavy atom. The van der Waals surface area contributed by atoms with Gasteiger partial charge in [-0.2, -0.15) is 5.10 Å². The molecule has 0 saturated carbocycles. The maximum Gasteiger partial charge on any atom is 0.308 e. The predicted molar refractivity (Wildman–Crippen MR) is 87.8 cm³/mol. The van der Waals surface area contributed by atoms with Crippen molar-refractivity contribution in [2.24, 2.45) is 0 Å². The molecule has 0 radical (unpaired) electrons. The lowest BCUT2D eigenvalue weighted by Crippen LogP contribution is -2.09. The van der Waals surface area contributed by atoms with Gasteiger partial charge in [-0.1, -0.05) is 27.7 Å². The molecular weight excluding hydrogens is 278 g/mol. The van der Waals surface area contributed by atoms with Crippen LogP contribution in [-0.2, 0) is 4.79 Å². The SMILES string of the molecule is CC(=O)Oc1c(C(C)C)cc(Nc2cc[nH]n2)cc1C(C)C. The fraction of sp³-hybridized carbons (Fsp3) is 0.412. The molecule has 0 aliphatic heterocycles. The van der Waals surface area contributed by atoms with Crippen LogP contribution in [0.15, 0.2) is 24.4 Å². The zero-order valence-electron chi connectivity index (χ0n) is 13.7. The zero-order valence-corrected chi connectivity index (χ0v) is 13.7. The highest BCUT2D eigenvalue weighted by atomic mass is 16.5. The maximum atomic E-state index is 11.5. The van der Waals surface area contributed by atoms with Crippen LogP contribution in [0.1, 0.15) is 57.6 Å². The molecule has 22 heavy (non-hydrogen) atoms. The number of nitrogens with one attached hydrogen (secondary N) is 2. The Morgan fingerprint density at radius 1 is 1.18 bits per heavy atom. The first-order valence-corrected chi connectivity index (χ1v) is 7.51. The van der Waals surface area contributed by atoms with Crippen molar-refractivity contribution in [2.75, 3.05) is 5.32 Å². The van der Waals surface area contributed by atoms with Gasteiger partial charge in [0.25, 0.3) is 0 Å². The fourth-order valence-corrected chi connectivity index (χ4v) is 2.34. The molecule has 0 saturated heterocycles. The molecule has 0 fully saturated rings. The van der Waals surface area contributed by atoms with Crippen LogP contribution in [-0.4, -0.2) is 16.2 Å². The van der Waals surface area contributed by atoms with Crippen molar-refractivity contribution in [2.45, 2.75) is 46.5 Å². The average molecular weight is 301 g/mol. The minimum absolute atomic E-state index is 0.243. The Balaban J connectivity index is 2.51. The van der Waals surface area contributed by atoms with E-state index < -0.39 is 0 Å². The maximum absolute atomic E-state index is 11.5. The molecule has 5 heteroatoms. The van der Waals surface area contributed by atoms with Gasteiger partial charge in [-0.15, -0.1) is 0 Å². The minimum atomic E-state index is -0.295. The van der Waals surface area contributed by atoms with E-state index in [9.17, 15) is 4.79 Å². The van der Waals surface area contributed by atoms with Crippen LogP contribution < -0.4 is 10.1 Å². The third-order valence-corrected chi connectivity index (χ3v) is 3.41. The molecule has 0 unspecified atom stereocenters. The summed E-state index contributed by atoms with van der Waals surface area (Å²) in [6, 6.07) is 5.90. The molecule has 2 aromatic rings. The first kappa shape index (κ1) is 16.1. The molecule has 118 valence electrons. The number of H-pyrrole nitrogens is 1. The number of nitrogens with zero attached hydrogens (tertiary/aromatic N) is 1. The highest BCUT2D eigenvalue weighted by molar-refractivity contribution is 5.72. The van der Waals surface area contributed by atoms with Crippen LogP contribution in [0.2, 0.25) is 0 Å². The van der Waals surface area contributed by atoms with Gasteiger partial charge in [0.2, 0.25) is 0 Å². The molecule has 0 spiro atoms. The van der Waals surface area contributed by atoms with Crippen LogP contribution in [0, 0.1) is 0 Å². The van der Waals surface area contributed by atoms with Crippen molar-refractivity contribution >= 4 is 17.5 Å². The zero-order chi connectivity index (χ0) is 16.3. The summed E-state index contributed by atoms with van der Waals surface area (Å²) in [5.41, 5.74) is 2.97. The van der Waals surface area contributed by atoms with Crippen molar-refractivity contribution in [3.8, 4) is 5.75 Å². The highest BCUT2D eigenvalue weighted by Gasteiger charge is 2.19. The standard InChI is InChI=1S/C17H23N3O2/c1-10(2)14-8-13(19-16-6-7-18-20-16)9-15(11(3)4)17(14)22-12(5)21/h6-11H,1-5H3,(H2,18,19,20). The average Bonchev–Trinajstić information content (AvgIpc) is 2.91. The van der Waals surface area contributed by atoms with Crippen molar-refractivity contribution in [1.82, 2.24) is 10.2 Å². The molecule has 0 aliphatic rings. The Bertz CT molecular complexity index is 617. The van der Waals surface area contributed by atoms with E-state index in [1.54, 1.807) is 6.20 Å². The molecule has 0 amide bonds. The third kappa shape index (κ3) is 3.67. The smallest absolute Gasteiger partial charge is 0.308 e. The normalized spacial score (nSPS) is 11.0. The van der Waals surface area contributed by atoms with Crippen LogP contribution in [0.25, 0.3) is 0 Å². The molecule has 1 heterocycles. The van der Waals surface area contributed by atoms with Crippen LogP contribution in [0.4, 0.5) is 11.5 Å². The molecule has 2 rings (SSSR count). The van der Waals surface area contributed by atoms with Crippen LogP contribution in [0.5, 0.6) is 5.75 Å². The summed E-state index contributed by atoms with van der Waals surface area (Å²) in [5.74, 6) is 1.63. The molecular formula is C17H23N3O2. The Hall–Kier alpha value is -2.30. The van der Waals surface area contributed by atoms with Crippen molar-refractivity contribution in [3.05, 3.63) is 35.5 Å². The monoisotopic (exact) mass is 301 g/mol. The van der Waals surface area contributed by atoms with E-state index in [-0.39, 0.29) is 17.8 Å². The number of carbonyl (C=O) groups excluding carboxylic acids is 1. The van der Waals surface area contributed by atoms with Gasteiger partial charge < -0.3 is 10.1 Å². The molecule has 0 bridgehead atoms. The largest absolute Gasteiger partial charge is 0.426 e. The van der Waals surface area contributed by atoms with E-state index in [0.717, 1.165) is 22.6 Å². The van der Waals surface area contributed by atoms with Gasteiger partial charge in [0.15, 0.2) is 5.82 Å². The first-order chi connectivity index (χ1) is 10.4. The van der Waals surface area contributed by atoms with Crippen LogP contribution in [0.3, 0.4) is 0 Å². The van der Waals surface area contributed by atoms with Gasteiger partial charge in [0, 0.05) is 24.9 Å². The van der Waals surface area contributed by atoms with Gasteiger partial charge in [-0.05, 0) is 35.1 Å². The number of aromatic amines is 1.